The number of para-hydroxylation sites is 1. The molecule has 3 aromatic rings. The molecule has 3 rings (SSSR count). The first-order chi connectivity index (χ1) is 11.8. The van der Waals surface area contributed by atoms with Crippen molar-refractivity contribution in [3.05, 3.63) is 48.6 Å². The molecule has 0 aliphatic rings. The van der Waals surface area contributed by atoms with Gasteiger partial charge in [-0.25, -0.2) is 0 Å². The Bertz CT molecular complexity index is 754. The minimum atomic E-state index is 0.232. The predicted molar refractivity (Wildman–Crippen MR) is 89.4 cm³/mol. The Labute approximate surface area is 140 Å². The van der Waals surface area contributed by atoms with Crippen molar-refractivity contribution in [2.24, 2.45) is 0 Å². The van der Waals surface area contributed by atoms with Gasteiger partial charge in [-0.3, -0.25) is 4.68 Å². The standard InChI is InChI=1S/C17H21N5O2/c1-3-23-15-8-5-4-7-14(15)17-20-16(24-21-17)11-18-13(2)12-22-10-6-9-19-22/h4-10,13,18H,3,11-12H2,1-2H3. The van der Waals surface area contributed by atoms with Gasteiger partial charge in [0.1, 0.15) is 5.75 Å². The summed E-state index contributed by atoms with van der Waals surface area (Å²) in [7, 11) is 0. The average molecular weight is 327 g/mol. The van der Waals surface area contributed by atoms with E-state index in [1.165, 1.54) is 0 Å². The molecule has 2 aromatic heterocycles. The van der Waals surface area contributed by atoms with Crippen molar-refractivity contribution in [1.82, 2.24) is 25.2 Å². The molecule has 7 heteroatoms. The second kappa shape index (κ2) is 7.74. The summed E-state index contributed by atoms with van der Waals surface area (Å²) >= 11 is 0. The molecule has 0 saturated heterocycles. The molecule has 0 radical (unpaired) electrons. The first-order valence-corrected chi connectivity index (χ1v) is 8.02. The van der Waals surface area contributed by atoms with Crippen LogP contribution in [0.1, 0.15) is 19.7 Å². The fourth-order valence-corrected chi connectivity index (χ4v) is 2.38. The first kappa shape index (κ1) is 16.2. The van der Waals surface area contributed by atoms with Crippen LogP contribution in [0.5, 0.6) is 5.75 Å². The van der Waals surface area contributed by atoms with Crippen LogP contribution in [-0.4, -0.2) is 32.6 Å². The molecule has 0 saturated carbocycles. The third-order valence-electron chi connectivity index (χ3n) is 3.52. The fourth-order valence-electron chi connectivity index (χ4n) is 2.38. The number of aromatic nitrogens is 4. The van der Waals surface area contributed by atoms with Crippen LogP contribution in [0.3, 0.4) is 0 Å². The van der Waals surface area contributed by atoms with Crippen LogP contribution >= 0.6 is 0 Å². The monoisotopic (exact) mass is 327 g/mol. The van der Waals surface area contributed by atoms with Gasteiger partial charge in [0.05, 0.1) is 25.3 Å². The Morgan fingerprint density at radius 1 is 1.29 bits per heavy atom. The maximum Gasteiger partial charge on any atom is 0.240 e. The summed E-state index contributed by atoms with van der Waals surface area (Å²) in [5, 5.41) is 11.6. The lowest BCUT2D eigenvalue weighted by atomic mass is 10.2. The minimum Gasteiger partial charge on any atom is -0.493 e. The Hall–Kier alpha value is -2.67. The van der Waals surface area contributed by atoms with Gasteiger partial charge in [-0.2, -0.15) is 10.1 Å². The smallest absolute Gasteiger partial charge is 0.240 e. The average Bonchev–Trinajstić information content (AvgIpc) is 3.25. The van der Waals surface area contributed by atoms with E-state index in [2.05, 4.69) is 27.5 Å². The molecule has 1 unspecified atom stereocenters. The molecule has 0 aliphatic heterocycles. The van der Waals surface area contributed by atoms with Crippen LogP contribution in [0.25, 0.3) is 11.4 Å². The van der Waals surface area contributed by atoms with E-state index in [-0.39, 0.29) is 6.04 Å². The van der Waals surface area contributed by atoms with E-state index in [0.717, 1.165) is 17.9 Å². The predicted octanol–water partition coefficient (Wildman–Crippen LogP) is 2.51. The van der Waals surface area contributed by atoms with Gasteiger partial charge >= 0.3 is 0 Å². The lowest BCUT2D eigenvalue weighted by Crippen LogP contribution is -2.30. The normalized spacial score (nSPS) is 12.2. The van der Waals surface area contributed by atoms with E-state index >= 15 is 0 Å². The van der Waals surface area contributed by atoms with Gasteiger partial charge in [0.15, 0.2) is 0 Å². The molecule has 0 bridgehead atoms. The zero-order chi connectivity index (χ0) is 16.8. The van der Waals surface area contributed by atoms with Gasteiger partial charge in [-0.15, -0.1) is 0 Å². The Morgan fingerprint density at radius 3 is 2.96 bits per heavy atom. The van der Waals surface area contributed by atoms with Gasteiger partial charge in [-0.05, 0) is 32.0 Å². The zero-order valence-corrected chi connectivity index (χ0v) is 13.8. The highest BCUT2D eigenvalue weighted by Gasteiger charge is 2.13. The van der Waals surface area contributed by atoms with E-state index in [9.17, 15) is 0 Å². The second-order valence-electron chi connectivity index (χ2n) is 5.45. The molecule has 0 aliphatic carbocycles. The highest BCUT2D eigenvalue weighted by molar-refractivity contribution is 5.63. The lowest BCUT2D eigenvalue weighted by Gasteiger charge is -2.11. The Kier molecular flexibility index (Phi) is 5.22. The van der Waals surface area contributed by atoms with Gasteiger partial charge in [0.2, 0.25) is 11.7 Å². The molecule has 1 atom stereocenters. The van der Waals surface area contributed by atoms with Crippen LogP contribution in [-0.2, 0) is 13.1 Å². The van der Waals surface area contributed by atoms with Crippen LogP contribution < -0.4 is 10.1 Å². The van der Waals surface area contributed by atoms with Crippen molar-refractivity contribution >= 4 is 0 Å². The molecule has 24 heavy (non-hydrogen) atoms. The van der Waals surface area contributed by atoms with Gasteiger partial charge < -0.3 is 14.6 Å². The van der Waals surface area contributed by atoms with Crippen molar-refractivity contribution in [2.75, 3.05) is 6.61 Å². The summed E-state index contributed by atoms with van der Waals surface area (Å²) in [6.45, 7) is 5.91. The molecule has 0 fully saturated rings. The van der Waals surface area contributed by atoms with E-state index in [1.807, 2.05) is 48.1 Å². The number of rotatable bonds is 8. The van der Waals surface area contributed by atoms with E-state index < -0.39 is 0 Å². The van der Waals surface area contributed by atoms with Gasteiger partial charge in [-0.1, -0.05) is 17.3 Å². The molecule has 2 heterocycles. The summed E-state index contributed by atoms with van der Waals surface area (Å²) in [5.74, 6) is 1.84. The van der Waals surface area contributed by atoms with Crippen LogP contribution in [0.15, 0.2) is 47.2 Å². The number of nitrogens with one attached hydrogen (secondary N) is 1. The van der Waals surface area contributed by atoms with Crippen molar-refractivity contribution in [3.8, 4) is 17.1 Å². The lowest BCUT2D eigenvalue weighted by molar-refractivity contribution is 0.340. The molecule has 1 N–H and O–H groups in total. The molecule has 0 spiro atoms. The second-order valence-corrected chi connectivity index (χ2v) is 5.45. The first-order valence-electron chi connectivity index (χ1n) is 8.02. The Balaban J connectivity index is 1.61. The van der Waals surface area contributed by atoms with Crippen molar-refractivity contribution in [1.29, 1.82) is 0 Å². The summed E-state index contributed by atoms with van der Waals surface area (Å²) in [4.78, 5) is 4.45. The maximum absolute atomic E-state index is 5.61. The van der Waals surface area contributed by atoms with E-state index in [0.29, 0.717) is 24.9 Å². The summed E-state index contributed by atoms with van der Waals surface area (Å²) < 4.78 is 12.8. The van der Waals surface area contributed by atoms with Crippen molar-refractivity contribution in [3.63, 3.8) is 0 Å². The van der Waals surface area contributed by atoms with Crippen molar-refractivity contribution < 1.29 is 9.26 Å². The highest BCUT2D eigenvalue weighted by atomic mass is 16.5. The van der Waals surface area contributed by atoms with Crippen LogP contribution in [0, 0.1) is 0 Å². The number of hydrogen-bond donors (Lipinski definition) is 1. The quantitative estimate of drug-likeness (QED) is 0.685. The number of nitrogens with zero attached hydrogens (tertiary/aromatic N) is 4. The van der Waals surface area contributed by atoms with Crippen molar-refractivity contribution in [2.45, 2.75) is 33.0 Å². The van der Waals surface area contributed by atoms with Crippen LogP contribution in [0.4, 0.5) is 0 Å². The maximum atomic E-state index is 5.61. The fraction of sp³-hybridized carbons (Fsp3) is 0.353. The summed E-state index contributed by atoms with van der Waals surface area (Å²) in [6, 6.07) is 9.82. The molecule has 0 amide bonds. The zero-order valence-electron chi connectivity index (χ0n) is 13.8. The van der Waals surface area contributed by atoms with E-state index in [4.69, 9.17) is 9.26 Å². The van der Waals surface area contributed by atoms with Gasteiger partial charge in [0, 0.05) is 18.4 Å². The number of hydrogen-bond acceptors (Lipinski definition) is 6. The third kappa shape index (κ3) is 3.99. The molecule has 126 valence electrons. The number of ether oxygens (including phenoxy) is 1. The SMILES string of the molecule is CCOc1ccccc1-c1noc(CNC(C)Cn2cccn2)n1. The molecular weight excluding hydrogens is 306 g/mol. The summed E-state index contributed by atoms with van der Waals surface area (Å²) in [5.41, 5.74) is 0.832. The largest absolute Gasteiger partial charge is 0.493 e. The summed E-state index contributed by atoms with van der Waals surface area (Å²) in [6.07, 6.45) is 3.71. The topological polar surface area (TPSA) is 78.0 Å². The number of benzene rings is 1. The third-order valence-corrected chi connectivity index (χ3v) is 3.52. The molecule has 7 nitrogen and oxygen atoms in total. The molecular formula is C17H21N5O2. The molecule has 1 aromatic carbocycles. The van der Waals surface area contributed by atoms with Crippen LogP contribution in [0.2, 0.25) is 0 Å². The van der Waals surface area contributed by atoms with E-state index in [1.54, 1.807) is 6.20 Å². The Morgan fingerprint density at radius 2 is 2.17 bits per heavy atom. The minimum absolute atomic E-state index is 0.232. The van der Waals surface area contributed by atoms with Gasteiger partial charge in [0.25, 0.3) is 0 Å². The highest BCUT2D eigenvalue weighted by Crippen LogP contribution is 2.27.